The Labute approximate surface area is 143 Å². The van der Waals surface area contributed by atoms with Crippen molar-refractivity contribution in [3.05, 3.63) is 65.7 Å². The zero-order valence-electron chi connectivity index (χ0n) is 13.6. The zero-order chi connectivity index (χ0) is 16.7. The van der Waals surface area contributed by atoms with E-state index in [0.29, 0.717) is 13.0 Å². The predicted octanol–water partition coefficient (Wildman–Crippen LogP) is 3.28. The maximum absolute atomic E-state index is 12.2. The summed E-state index contributed by atoms with van der Waals surface area (Å²) in [6.07, 6.45) is 1.42. The minimum absolute atomic E-state index is 0.246. The predicted molar refractivity (Wildman–Crippen MR) is 96.0 cm³/mol. The number of methoxy groups -OCH3 is 1. The van der Waals surface area contributed by atoms with E-state index >= 15 is 0 Å². The van der Waals surface area contributed by atoms with Gasteiger partial charge in [0, 0.05) is 17.9 Å². The standard InChI is InChI=1S/C19H23NO2S/c1-19(18(21)22-2,14-16-7-4-3-5-8-16)20-12-11-15-9-6-10-17(23)13-15/h3-10,13,20,23H,11-12,14H2,1-2H3. The van der Waals surface area contributed by atoms with Crippen LogP contribution in [0.3, 0.4) is 0 Å². The second-order valence-corrected chi connectivity index (χ2v) is 6.35. The van der Waals surface area contributed by atoms with Gasteiger partial charge in [-0.15, -0.1) is 12.6 Å². The monoisotopic (exact) mass is 329 g/mol. The molecule has 0 saturated carbocycles. The highest BCUT2D eigenvalue weighted by Gasteiger charge is 2.33. The molecule has 1 atom stereocenters. The topological polar surface area (TPSA) is 38.3 Å². The van der Waals surface area contributed by atoms with Crippen molar-refractivity contribution in [2.75, 3.05) is 13.7 Å². The van der Waals surface area contributed by atoms with Gasteiger partial charge in [0.1, 0.15) is 5.54 Å². The summed E-state index contributed by atoms with van der Waals surface area (Å²) in [6.45, 7) is 2.58. The molecule has 0 aromatic heterocycles. The minimum atomic E-state index is -0.741. The Balaban J connectivity index is 2.02. The summed E-state index contributed by atoms with van der Waals surface area (Å²) in [5.41, 5.74) is 1.55. The number of benzene rings is 2. The van der Waals surface area contributed by atoms with E-state index in [1.807, 2.05) is 55.5 Å². The second-order valence-electron chi connectivity index (χ2n) is 5.83. The maximum atomic E-state index is 12.2. The van der Waals surface area contributed by atoms with Crippen molar-refractivity contribution in [2.45, 2.75) is 30.2 Å². The Morgan fingerprint density at radius 3 is 2.48 bits per heavy atom. The molecule has 0 saturated heterocycles. The Kier molecular flexibility index (Phi) is 6.25. The van der Waals surface area contributed by atoms with E-state index in [2.05, 4.69) is 24.0 Å². The fourth-order valence-corrected chi connectivity index (χ4v) is 2.88. The third kappa shape index (κ3) is 5.12. The van der Waals surface area contributed by atoms with Crippen LogP contribution in [0.15, 0.2) is 59.5 Å². The van der Waals surface area contributed by atoms with Crippen LogP contribution in [0.25, 0.3) is 0 Å². The summed E-state index contributed by atoms with van der Waals surface area (Å²) in [5.74, 6) is -0.246. The SMILES string of the molecule is COC(=O)C(C)(Cc1ccccc1)NCCc1cccc(S)c1. The lowest BCUT2D eigenvalue weighted by Gasteiger charge is -2.28. The molecule has 0 heterocycles. The maximum Gasteiger partial charge on any atom is 0.326 e. The van der Waals surface area contributed by atoms with E-state index in [9.17, 15) is 4.79 Å². The van der Waals surface area contributed by atoms with Crippen molar-refractivity contribution < 1.29 is 9.53 Å². The van der Waals surface area contributed by atoms with Gasteiger partial charge in [0.25, 0.3) is 0 Å². The van der Waals surface area contributed by atoms with E-state index in [-0.39, 0.29) is 5.97 Å². The molecule has 0 aliphatic heterocycles. The van der Waals surface area contributed by atoms with E-state index in [4.69, 9.17) is 4.74 Å². The highest BCUT2D eigenvalue weighted by Crippen LogP contribution is 2.16. The summed E-state index contributed by atoms with van der Waals surface area (Å²) < 4.78 is 5.00. The number of thiol groups is 1. The number of rotatable bonds is 7. The molecule has 0 amide bonds. The van der Waals surface area contributed by atoms with Gasteiger partial charge in [-0.2, -0.15) is 0 Å². The third-order valence-corrected chi connectivity index (χ3v) is 4.15. The van der Waals surface area contributed by atoms with E-state index in [0.717, 1.165) is 16.9 Å². The molecule has 0 bridgehead atoms. The molecule has 23 heavy (non-hydrogen) atoms. The van der Waals surface area contributed by atoms with Crippen LogP contribution in [0.1, 0.15) is 18.1 Å². The van der Waals surface area contributed by atoms with E-state index in [1.54, 1.807) is 0 Å². The first kappa shape index (κ1) is 17.6. The van der Waals surface area contributed by atoms with Crippen LogP contribution >= 0.6 is 12.6 Å². The molecule has 2 aromatic rings. The normalized spacial score (nSPS) is 13.3. The molecular formula is C19H23NO2S. The molecule has 0 aliphatic carbocycles. The molecule has 4 heteroatoms. The second kappa shape index (κ2) is 8.18. The molecule has 1 unspecified atom stereocenters. The Bertz CT molecular complexity index is 645. The molecule has 2 rings (SSSR count). The van der Waals surface area contributed by atoms with Crippen LogP contribution in [0.4, 0.5) is 0 Å². The van der Waals surface area contributed by atoms with Gasteiger partial charge in [0.2, 0.25) is 0 Å². The van der Waals surface area contributed by atoms with Crippen LogP contribution in [0.2, 0.25) is 0 Å². The molecule has 0 aliphatic rings. The number of carbonyl (C=O) groups is 1. The van der Waals surface area contributed by atoms with Crippen molar-refractivity contribution >= 4 is 18.6 Å². The summed E-state index contributed by atoms with van der Waals surface area (Å²) in [7, 11) is 1.43. The Morgan fingerprint density at radius 1 is 1.13 bits per heavy atom. The minimum Gasteiger partial charge on any atom is -0.468 e. The van der Waals surface area contributed by atoms with Crippen LogP contribution < -0.4 is 5.32 Å². The van der Waals surface area contributed by atoms with Crippen LogP contribution in [0, 0.1) is 0 Å². The zero-order valence-corrected chi connectivity index (χ0v) is 14.5. The lowest BCUT2D eigenvalue weighted by molar-refractivity contribution is -0.147. The number of carbonyl (C=O) groups excluding carboxylic acids is 1. The average molecular weight is 329 g/mol. The van der Waals surface area contributed by atoms with Gasteiger partial charge in [-0.1, -0.05) is 42.5 Å². The summed E-state index contributed by atoms with van der Waals surface area (Å²) in [5, 5.41) is 3.36. The molecule has 1 N–H and O–H groups in total. The fraction of sp³-hybridized carbons (Fsp3) is 0.316. The average Bonchev–Trinajstić information content (AvgIpc) is 2.55. The van der Waals surface area contributed by atoms with Crippen LogP contribution in [0.5, 0.6) is 0 Å². The number of ether oxygens (including phenoxy) is 1. The fourth-order valence-electron chi connectivity index (χ4n) is 2.63. The van der Waals surface area contributed by atoms with Gasteiger partial charge in [0.15, 0.2) is 0 Å². The lowest BCUT2D eigenvalue weighted by atomic mass is 9.92. The first-order chi connectivity index (χ1) is 11.0. The van der Waals surface area contributed by atoms with Gasteiger partial charge in [-0.05, 0) is 36.6 Å². The van der Waals surface area contributed by atoms with Crippen molar-refractivity contribution in [3.63, 3.8) is 0 Å². The summed E-state index contributed by atoms with van der Waals surface area (Å²) >= 11 is 4.35. The van der Waals surface area contributed by atoms with Gasteiger partial charge in [0.05, 0.1) is 7.11 Å². The molecule has 0 spiro atoms. The van der Waals surface area contributed by atoms with Crippen molar-refractivity contribution in [3.8, 4) is 0 Å². The number of esters is 1. The Hall–Kier alpha value is -1.78. The highest BCUT2D eigenvalue weighted by molar-refractivity contribution is 7.80. The van der Waals surface area contributed by atoms with Crippen LogP contribution in [-0.4, -0.2) is 25.2 Å². The largest absolute Gasteiger partial charge is 0.468 e. The lowest BCUT2D eigenvalue weighted by Crippen LogP contribution is -2.52. The number of hydrogen-bond acceptors (Lipinski definition) is 4. The summed E-state index contributed by atoms with van der Waals surface area (Å²) in [6, 6.07) is 18.0. The molecule has 3 nitrogen and oxygen atoms in total. The molecular weight excluding hydrogens is 306 g/mol. The first-order valence-corrected chi connectivity index (χ1v) is 8.13. The van der Waals surface area contributed by atoms with E-state index < -0.39 is 5.54 Å². The molecule has 2 aromatic carbocycles. The van der Waals surface area contributed by atoms with Crippen molar-refractivity contribution in [1.29, 1.82) is 0 Å². The molecule has 122 valence electrons. The number of hydrogen-bond donors (Lipinski definition) is 2. The summed E-state index contributed by atoms with van der Waals surface area (Å²) in [4.78, 5) is 13.2. The smallest absolute Gasteiger partial charge is 0.326 e. The van der Waals surface area contributed by atoms with Crippen molar-refractivity contribution in [1.82, 2.24) is 5.32 Å². The molecule has 0 radical (unpaired) electrons. The van der Waals surface area contributed by atoms with Gasteiger partial charge >= 0.3 is 5.97 Å². The van der Waals surface area contributed by atoms with Gasteiger partial charge in [-0.25, -0.2) is 0 Å². The van der Waals surface area contributed by atoms with Gasteiger partial charge < -0.3 is 10.1 Å². The molecule has 0 fully saturated rings. The van der Waals surface area contributed by atoms with Crippen molar-refractivity contribution in [2.24, 2.45) is 0 Å². The number of nitrogens with one attached hydrogen (secondary N) is 1. The quantitative estimate of drug-likeness (QED) is 0.605. The van der Waals surface area contributed by atoms with Crippen LogP contribution in [-0.2, 0) is 22.4 Å². The third-order valence-electron chi connectivity index (χ3n) is 3.88. The first-order valence-electron chi connectivity index (χ1n) is 7.69. The van der Waals surface area contributed by atoms with E-state index in [1.165, 1.54) is 12.7 Å². The van der Waals surface area contributed by atoms with Gasteiger partial charge in [-0.3, -0.25) is 4.79 Å². The highest BCUT2D eigenvalue weighted by atomic mass is 32.1. The Morgan fingerprint density at radius 2 is 1.83 bits per heavy atom.